The normalized spacial score (nSPS) is 19.2. The van der Waals surface area contributed by atoms with Gasteiger partial charge in [-0.2, -0.15) is 0 Å². The fourth-order valence-corrected chi connectivity index (χ4v) is 2.38. The Balaban J connectivity index is 1.87. The van der Waals surface area contributed by atoms with Crippen molar-refractivity contribution >= 4 is 21.8 Å². The first kappa shape index (κ1) is 11.5. The highest BCUT2D eigenvalue weighted by atomic mass is 79.9. The van der Waals surface area contributed by atoms with Crippen molar-refractivity contribution in [1.29, 1.82) is 0 Å². The number of amides is 1. The number of hydrogen-bond acceptors (Lipinski definition) is 1. The second-order valence-corrected chi connectivity index (χ2v) is 5.10. The molecule has 0 bridgehead atoms. The number of benzene rings is 1. The summed E-state index contributed by atoms with van der Waals surface area (Å²) in [6.07, 6.45) is 5.84. The maximum absolute atomic E-state index is 11.8. The van der Waals surface area contributed by atoms with E-state index in [9.17, 15) is 4.79 Å². The van der Waals surface area contributed by atoms with Crippen molar-refractivity contribution in [3.05, 3.63) is 40.7 Å². The predicted molar refractivity (Wildman–Crippen MR) is 68.1 cm³/mol. The van der Waals surface area contributed by atoms with Crippen LogP contribution in [0.2, 0.25) is 0 Å². The molecular weight excluding hydrogens is 266 g/mol. The third-order valence-corrected chi connectivity index (χ3v) is 3.41. The van der Waals surface area contributed by atoms with Gasteiger partial charge in [-0.25, -0.2) is 0 Å². The van der Waals surface area contributed by atoms with E-state index in [2.05, 4.69) is 27.7 Å². The number of carbonyl (C=O) groups is 1. The van der Waals surface area contributed by atoms with Crippen LogP contribution in [0, 0.1) is 12.3 Å². The average molecular weight is 281 g/mol. The average Bonchev–Trinajstić information content (AvgIpc) is 2.78. The van der Waals surface area contributed by atoms with Crippen molar-refractivity contribution in [2.75, 3.05) is 6.54 Å². The Morgan fingerprint density at radius 3 is 3.12 bits per heavy atom. The lowest BCUT2D eigenvalue weighted by Crippen LogP contribution is -2.28. The summed E-state index contributed by atoms with van der Waals surface area (Å²) < 4.78 is 0.939. The third kappa shape index (κ3) is 3.01. The minimum absolute atomic E-state index is 0.0215. The minimum Gasteiger partial charge on any atom is -0.352 e. The van der Waals surface area contributed by atoms with Crippen molar-refractivity contribution in [2.24, 2.45) is 5.92 Å². The third-order valence-electron chi connectivity index (χ3n) is 2.92. The van der Waals surface area contributed by atoms with Gasteiger partial charge >= 0.3 is 0 Å². The van der Waals surface area contributed by atoms with Crippen LogP contribution in [0.4, 0.5) is 0 Å². The van der Waals surface area contributed by atoms with Crippen LogP contribution in [-0.4, -0.2) is 12.5 Å². The molecule has 1 fully saturated rings. The molecule has 1 amide bonds. The van der Waals surface area contributed by atoms with Crippen LogP contribution >= 0.6 is 15.9 Å². The van der Waals surface area contributed by atoms with Crippen molar-refractivity contribution in [1.82, 2.24) is 5.32 Å². The molecule has 0 heterocycles. The maximum atomic E-state index is 11.8. The summed E-state index contributed by atoms with van der Waals surface area (Å²) in [7, 11) is 0. The summed E-state index contributed by atoms with van der Waals surface area (Å²) in [6, 6.07) is 7.47. The van der Waals surface area contributed by atoms with E-state index in [1.807, 2.05) is 24.3 Å². The summed E-state index contributed by atoms with van der Waals surface area (Å²) >= 11 is 3.36. The van der Waals surface area contributed by atoms with Gasteiger partial charge in [0.05, 0.1) is 19.3 Å². The molecule has 1 unspecified atom stereocenters. The van der Waals surface area contributed by atoms with Crippen LogP contribution in [0.25, 0.3) is 0 Å². The lowest BCUT2D eigenvalue weighted by molar-refractivity contribution is 0.0947. The van der Waals surface area contributed by atoms with Crippen molar-refractivity contribution < 1.29 is 4.79 Å². The first-order valence-corrected chi connectivity index (χ1v) is 6.40. The molecule has 1 aliphatic carbocycles. The Morgan fingerprint density at radius 2 is 2.44 bits per heavy atom. The highest BCUT2D eigenvalue weighted by Crippen LogP contribution is 2.22. The van der Waals surface area contributed by atoms with Gasteiger partial charge in [0.2, 0.25) is 0 Å². The van der Waals surface area contributed by atoms with Gasteiger partial charge in [-0.05, 0) is 24.6 Å². The Hall–Kier alpha value is -0.960. The molecule has 1 saturated carbocycles. The SMILES string of the molecule is O=C(NCC1C[CH+]CC1)c1cccc(Br)c1. The van der Waals surface area contributed by atoms with Gasteiger partial charge in [-0.1, -0.05) is 22.0 Å². The summed E-state index contributed by atoms with van der Waals surface area (Å²) in [5.41, 5.74) is 0.719. The molecule has 3 heteroatoms. The van der Waals surface area contributed by atoms with Gasteiger partial charge in [-0.15, -0.1) is 0 Å². The van der Waals surface area contributed by atoms with E-state index in [4.69, 9.17) is 0 Å². The van der Waals surface area contributed by atoms with E-state index in [-0.39, 0.29) is 5.91 Å². The topological polar surface area (TPSA) is 29.1 Å². The molecule has 16 heavy (non-hydrogen) atoms. The van der Waals surface area contributed by atoms with Gasteiger partial charge < -0.3 is 5.32 Å². The Morgan fingerprint density at radius 1 is 1.56 bits per heavy atom. The molecule has 1 aromatic carbocycles. The summed E-state index contributed by atoms with van der Waals surface area (Å²) in [5, 5.41) is 2.99. The van der Waals surface area contributed by atoms with Crippen molar-refractivity contribution in [3.63, 3.8) is 0 Å². The molecular formula is C13H15BrNO+. The van der Waals surface area contributed by atoms with E-state index < -0.39 is 0 Å². The highest BCUT2D eigenvalue weighted by molar-refractivity contribution is 9.10. The molecule has 0 saturated heterocycles. The molecule has 1 N–H and O–H groups in total. The quantitative estimate of drug-likeness (QED) is 0.847. The zero-order valence-electron chi connectivity index (χ0n) is 9.08. The first-order chi connectivity index (χ1) is 7.75. The molecule has 84 valence electrons. The van der Waals surface area contributed by atoms with Crippen LogP contribution in [0.1, 0.15) is 29.6 Å². The smallest absolute Gasteiger partial charge is 0.251 e. The monoisotopic (exact) mass is 280 g/mol. The van der Waals surface area contributed by atoms with Crippen LogP contribution < -0.4 is 5.32 Å². The maximum Gasteiger partial charge on any atom is 0.251 e. The summed E-state index contributed by atoms with van der Waals surface area (Å²) in [5.74, 6) is 0.657. The minimum atomic E-state index is 0.0215. The van der Waals surface area contributed by atoms with E-state index in [0.29, 0.717) is 5.92 Å². The predicted octanol–water partition coefficient (Wildman–Crippen LogP) is 3.18. The summed E-state index contributed by atoms with van der Waals surface area (Å²) in [6.45, 7) is 0.793. The van der Waals surface area contributed by atoms with Crippen LogP contribution in [0.3, 0.4) is 0 Å². The fourth-order valence-electron chi connectivity index (χ4n) is 1.98. The van der Waals surface area contributed by atoms with Gasteiger partial charge in [0.15, 0.2) is 0 Å². The van der Waals surface area contributed by atoms with Crippen LogP contribution in [0.15, 0.2) is 28.7 Å². The number of hydrogen-bond donors (Lipinski definition) is 1. The summed E-state index contributed by atoms with van der Waals surface area (Å²) in [4.78, 5) is 11.8. The van der Waals surface area contributed by atoms with Crippen molar-refractivity contribution in [3.8, 4) is 0 Å². The van der Waals surface area contributed by atoms with Gasteiger partial charge in [0, 0.05) is 22.5 Å². The molecule has 0 aliphatic heterocycles. The van der Waals surface area contributed by atoms with E-state index in [1.165, 1.54) is 12.8 Å². The van der Waals surface area contributed by atoms with Crippen LogP contribution in [-0.2, 0) is 0 Å². The van der Waals surface area contributed by atoms with E-state index in [1.54, 1.807) is 0 Å². The number of nitrogens with one attached hydrogen (secondary N) is 1. The Bertz CT molecular complexity index is 372. The Labute approximate surface area is 105 Å². The number of halogens is 1. The van der Waals surface area contributed by atoms with E-state index in [0.717, 1.165) is 23.0 Å². The lowest BCUT2D eigenvalue weighted by Gasteiger charge is -2.08. The lowest BCUT2D eigenvalue weighted by atomic mass is 10.1. The first-order valence-electron chi connectivity index (χ1n) is 5.61. The highest BCUT2D eigenvalue weighted by Gasteiger charge is 2.22. The zero-order valence-corrected chi connectivity index (χ0v) is 10.7. The molecule has 2 rings (SSSR count). The molecule has 0 spiro atoms. The molecule has 1 aromatic rings. The molecule has 1 atom stereocenters. The molecule has 0 radical (unpaired) electrons. The van der Waals surface area contributed by atoms with Gasteiger partial charge in [-0.3, -0.25) is 4.79 Å². The largest absolute Gasteiger partial charge is 0.352 e. The fraction of sp³-hybridized carbons (Fsp3) is 0.385. The van der Waals surface area contributed by atoms with E-state index >= 15 is 0 Å². The Kier molecular flexibility index (Phi) is 3.88. The standard InChI is InChI=1S/C13H14BrNO/c14-12-7-3-6-11(8-12)13(16)15-9-10-4-1-2-5-10/h1,3,6-8,10H,2,4-5,9H2/p+1. The second-order valence-electron chi connectivity index (χ2n) is 4.19. The molecule has 1 aliphatic rings. The van der Waals surface area contributed by atoms with Gasteiger partial charge in [0.25, 0.3) is 5.91 Å². The molecule has 0 aromatic heterocycles. The second kappa shape index (κ2) is 5.39. The van der Waals surface area contributed by atoms with Crippen molar-refractivity contribution in [2.45, 2.75) is 19.3 Å². The van der Waals surface area contributed by atoms with Crippen LogP contribution in [0.5, 0.6) is 0 Å². The zero-order chi connectivity index (χ0) is 11.4. The number of rotatable bonds is 3. The van der Waals surface area contributed by atoms with Gasteiger partial charge in [0.1, 0.15) is 0 Å². The molecule has 2 nitrogen and oxygen atoms in total. The number of carbonyl (C=O) groups excluding carboxylic acids is 1.